The van der Waals surface area contributed by atoms with Gasteiger partial charge in [0.2, 0.25) is 22.9 Å². The molecule has 0 saturated carbocycles. The average molecular weight is 404 g/mol. The van der Waals surface area contributed by atoms with E-state index in [4.69, 9.17) is 0 Å². The number of aryl methyl sites for hydroxylation is 3. The van der Waals surface area contributed by atoms with Crippen LogP contribution in [0.5, 0.6) is 0 Å². The Morgan fingerprint density at radius 2 is 1.75 bits per heavy atom. The Hall–Kier alpha value is -2.62. The highest BCUT2D eigenvalue weighted by Crippen LogP contribution is 2.16. The molecule has 1 N–H and O–H groups in total. The first-order chi connectivity index (χ1) is 13.4. The lowest BCUT2D eigenvalue weighted by Crippen LogP contribution is -2.49. The van der Waals surface area contributed by atoms with Crippen molar-refractivity contribution in [2.24, 2.45) is 0 Å². The Morgan fingerprint density at radius 1 is 1.07 bits per heavy atom. The van der Waals surface area contributed by atoms with E-state index in [0.29, 0.717) is 37.3 Å². The van der Waals surface area contributed by atoms with Crippen molar-refractivity contribution in [3.63, 3.8) is 0 Å². The van der Waals surface area contributed by atoms with Crippen LogP contribution in [0.1, 0.15) is 36.2 Å². The lowest BCUT2D eigenvalue weighted by atomic mass is 10.2. The van der Waals surface area contributed by atoms with E-state index in [1.54, 1.807) is 4.90 Å². The SMILES string of the molecule is CCc1nnc(NC(=O)CCC(=O)N2CCN(c3nc(C)cc(C)n3)CC2)s1. The third-order valence-corrected chi connectivity index (χ3v) is 5.45. The zero-order chi connectivity index (χ0) is 20.1. The van der Waals surface area contributed by atoms with Crippen molar-refractivity contribution < 1.29 is 9.59 Å². The van der Waals surface area contributed by atoms with Crippen molar-refractivity contribution in [1.29, 1.82) is 0 Å². The fourth-order valence-electron chi connectivity index (χ4n) is 3.01. The Kier molecular flexibility index (Phi) is 6.50. The van der Waals surface area contributed by atoms with Crippen LogP contribution in [0.25, 0.3) is 0 Å². The summed E-state index contributed by atoms with van der Waals surface area (Å²) in [5.74, 6) is 0.490. The first kappa shape index (κ1) is 20.1. The lowest BCUT2D eigenvalue weighted by molar-refractivity contribution is -0.133. The van der Waals surface area contributed by atoms with Crippen LogP contribution in [0.2, 0.25) is 0 Å². The maximum absolute atomic E-state index is 12.4. The van der Waals surface area contributed by atoms with Crippen molar-refractivity contribution in [2.45, 2.75) is 40.0 Å². The summed E-state index contributed by atoms with van der Waals surface area (Å²) in [6, 6.07) is 1.94. The Bertz CT molecular complexity index is 826. The molecule has 0 atom stereocenters. The van der Waals surface area contributed by atoms with Gasteiger partial charge in [0.1, 0.15) is 5.01 Å². The first-order valence-corrected chi connectivity index (χ1v) is 10.2. The molecule has 3 heterocycles. The highest BCUT2D eigenvalue weighted by molar-refractivity contribution is 7.15. The van der Waals surface area contributed by atoms with Gasteiger partial charge in [0.15, 0.2) is 0 Å². The van der Waals surface area contributed by atoms with Gasteiger partial charge in [0, 0.05) is 50.4 Å². The molecule has 1 aliphatic rings. The van der Waals surface area contributed by atoms with Crippen LogP contribution in [-0.4, -0.2) is 63.1 Å². The summed E-state index contributed by atoms with van der Waals surface area (Å²) in [6.45, 7) is 8.47. The molecule has 10 heteroatoms. The number of amides is 2. The maximum Gasteiger partial charge on any atom is 0.226 e. The standard InChI is InChI=1S/C18H25N7O2S/c1-4-15-22-23-18(28-15)21-14(26)5-6-16(27)24-7-9-25(10-8-24)17-19-12(2)11-13(3)20-17/h11H,4-10H2,1-3H3,(H,21,23,26). The fourth-order valence-corrected chi connectivity index (χ4v) is 3.71. The van der Waals surface area contributed by atoms with E-state index in [9.17, 15) is 9.59 Å². The van der Waals surface area contributed by atoms with Gasteiger partial charge in [-0.1, -0.05) is 18.3 Å². The molecular formula is C18H25N7O2S. The van der Waals surface area contributed by atoms with Gasteiger partial charge in [-0.3, -0.25) is 9.59 Å². The fraction of sp³-hybridized carbons (Fsp3) is 0.556. The van der Waals surface area contributed by atoms with E-state index in [1.807, 2.05) is 26.8 Å². The molecule has 2 aromatic rings. The summed E-state index contributed by atoms with van der Waals surface area (Å²) in [7, 11) is 0. The third-order valence-electron chi connectivity index (χ3n) is 4.47. The van der Waals surface area contributed by atoms with E-state index in [0.717, 1.165) is 22.8 Å². The van der Waals surface area contributed by atoms with Gasteiger partial charge >= 0.3 is 0 Å². The quantitative estimate of drug-likeness (QED) is 0.781. The number of hydrogen-bond donors (Lipinski definition) is 1. The number of hydrogen-bond acceptors (Lipinski definition) is 8. The van der Waals surface area contributed by atoms with Crippen LogP contribution < -0.4 is 10.2 Å². The molecule has 0 radical (unpaired) electrons. The van der Waals surface area contributed by atoms with Crippen molar-refractivity contribution >= 4 is 34.2 Å². The second-order valence-corrected chi connectivity index (χ2v) is 7.78. The minimum atomic E-state index is -0.213. The van der Waals surface area contributed by atoms with Crippen LogP contribution in [-0.2, 0) is 16.0 Å². The van der Waals surface area contributed by atoms with Crippen LogP contribution in [0.15, 0.2) is 6.07 Å². The predicted octanol–water partition coefficient (Wildman–Crippen LogP) is 1.57. The van der Waals surface area contributed by atoms with Crippen molar-refractivity contribution in [2.75, 3.05) is 36.4 Å². The molecular weight excluding hydrogens is 378 g/mol. The van der Waals surface area contributed by atoms with Gasteiger partial charge in [-0.15, -0.1) is 10.2 Å². The number of aromatic nitrogens is 4. The molecule has 0 spiro atoms. The number of carbonyl (C=O) groups is 2. The summed E-state index contributed by atoms with van der Waals surface area (Å²) in [6.07, 6.45) is 1.11. The van der Waals surface area contributed by atoms with Gasteiger partial charge in [-0.2, -0.15) is 0 Å². The van der Waals surface area contributed by atoms with Crippen LogP contribution in [0, 0.1) is 13.8 Å². The van der Waals surface area contributed by atoms with Crippen LogP contribution >= 0.6 is 11.3 Å². The summed E-state index contributed by atoms with van der Waals surface area (Å²) in [5, 5.41) is 11.9. The molecule has 1 saturated heterocycles. The second kappa shape index (κ2) is 9.05. The molecule has 2 aromatic heterocycles. The van der Waals surface area contributed by atoms with E-state index >= 15 is 0 Å². The normalized spacial score (nSPS) is 14.2. The molecule has 0 aromatic carbocycles. The Labute approximate surface area is 168 Å². The molecule has 9 nitrogen and oxygen atoms in total. The van der Waals surface area contributed by atoms with Gasteiger partial charge in [-0.05, 0) is 26.3 Å². The minimum absolute atomic E-state index is 0.0114. The molecule has 0 unspecified atom stereocenters. The molecule has 150 valence electrons. The second-order valence-electron chi connectivity index (χ2n) is 6.72. The largest absolute Gasteiger partial charge is 0.339 e. The zero-order valence-corrected chi connectivity index (χ0v) is 17.3. The van der Waals surface area contributed by atoms with Gasteiger partial charge in [0.05, 0.1) is 0 Å². The smallest absolute Gasteiger partial charge is 0.226 e. The van der Waals surface area contributed by atoms with E-state index < -0.39 is 0 Å². The molecule has 2 amide bonds. The van der Waals surface area contributed by atoms with E-state index in [1.165, 1.54) is 11.3 Å². The van der Waals surface area contributed by atoms with E-state index in [-0.39, 0.29) is 24.7 Å². The lowest BCUT2D eigenvalue weighted by Gasteiger charge is -2.35. The number of carbonyl (C=O) groups excluding carboxylic acids is 2. The summed E-state index contributed by atoms with van der Waals surface area (Å²) >= 11 is 1.36. The minimum Gasteiger partial charge on any atom is -0.339 e. The topological polar surface area (TPSA) is 104 Å². The number of anilines is 2. The molecule has 28 heavy (non-hydrogen) atoms. The van der Waals surface area contributed by atoms with Crippen molar-refractivity contribution in [1.82, 2.24) is 25.1 Å². The molecule has 0 aliphatic carbocycles. The van der Waals surface area contributed by atoms with Crippen molar-refractivity contribution in [3.05, 3.63) is 22.5 Å². The van der Waals surface area contributed by atoms with Crippen LogP contribution in [0.3, 0.4) is 0 Å². The third kappa shape index (κ3) is 5.22. The number of piperazine rings is 1. The summed E-state index contributed by atoms with van der Waals surface area (Å²) in [4.78, 5) is 37.3. The first-order valence-electron chi connectivity index (χ1n) is 9.42. The number of nitrogens with zero attached hydrogens (tertiary/aromatic N) is 6. The van der Waals surface area contributed by atoms with Gasteiger partial charge in [-0.25, -0.2) is 9.97 Å². The number of nitrogens with one attached hydrogen (secondary N) is 1. The Morgan fingerprint density at radius 3 is 2.36 bits per heavy atom. The van der Waals surface area contributed by atoms with Gasteiger partial charge < -0.3 is 15.1 Å². The Balaban J connectivity index is 1.44. The molecule has 1 fully saturated rings. The van der Waals surface area contributed by atoms with Crippen molar-refractivity contribution in [3.8, 4) is 0 Å². The molecule has 1 aliphatic heterocycles. The summed E-state index contributed by atoms with van der Waals surface area (Å²) < 4.78 is 0. The highest BCUT2D eigenvalue weighted by Gasteiger charge is 2.23. The predicted molar refractivity (Wildman–Crippen MR) is 107 cm³/mol. The maximum atomic E-state index is 12.4. The number of rotatable bonds is 6. The van der Waals surface area contributed by atoms with Crippen LogP contribution in [0.4, 0.5) is 11.1 Å². The molecule has 3 rings (SSSR count). The summed E-state index contributed by atoms with van der Waals surface area (Å²) in [5.41, 5.74) is 1.88. The van der Waals surface area contributed by atoms with E-state index in [2.05, 4.69) is 30.4 Å². The molecule has 0 bridgehead atoms. The monoisotopic (exact) mass is 403 g/mol. The zero-order valence-electron chi connectivity index (χ0n) is 16.4. The van der Waals surface area contributed by atoms with Gasteiger partial charge in [0.25, 0.3) is 0 Å². The average Bonchev–Trinajstić information content (AvgIpc) is 3.13. The highest BCUT2D eigenvalue weighted by atomic mass is 32.1.